The highest BCUT2D eigenvalue weighted by Gasteiger charge is 2.22. The zero-order valence-electron chi connectivity index (χ0n) is 10.2. The van der Waals surface area contributed by atoms with E-state index in [4.69, 9.17) is 0 Å². The molecule has 1 heterocycles. The molecule has 0 radical (unpaired) electrons. The van der Waals surface area contributed by atoms with Crippen LogP contribution in [0.2, 0.25) is 0 Å². The van der Waals surface area contributed by atoms with E-state index >= 15 is 0 Å². The van der Waals surface area contributed by atoms with Gasteiger partial charge in [-0.2, -0.15) is 0 Å². The summed E-state index contributed by atoms with van der Waals surface area (Å²) in [4.78, 5) is 3.35. The lowest BCUT2D eigenvalue weighted by molar-refractivity contribution is 0.486. The summed E-state index contributed by atoms with van der Waals surface area (Å²) in [7, 11) is -1.73. The second-order valence-electron chi connectivity index (χ2n) is 4.43. The molecule has 1 aromatic heterocycles. The summed E-state index contributed by atoms with van der Waals surface area (Å²) < 4.78 is 25.4. The van der Waals surface area contributed by atoms with Gasteiger partial charge in [0.05, 0.1) is 4.90 Å². The SMILES string of the molecule is CCN(C)S(=O)(=O)c1c[nH]c(CNC2CC2)c1. The number of aromatic amines is 1. The van der Waals surface area contributed by atoms with Crippen LogP contribution in [-0.4, -0.2) is 37.3 Å². The summed E-state index contributed by atoms with van der Waals surface area (Å²) in [5, 5.41) is 3.34. The van der Waals surface area contributed by atoms with Crippen LogP contribution in [0.15, 0.2) is 17.2 Å². The molecule has 0 saturated heterocycles. The van der Waals surface area contributed by atoms with E-state index < -0.39 is 10.0 Å². The highest BCUT2D eigenvalue weighted by atomic mass is 32.2. The number of rotatable bonds is 6. The van der Waals surface area contributed by atoms with Gasteiger partial charge in [0.15, 0.2) is 0 Å². The number of nitrogens with one attached hydrogen (secondary N) is 2. The summed E-state index contributed by atoms with van der Waals surface area (Å²) in [5.41, 5.74) is 0.917. The van der Waals surface area contributed by atoms with E-state index in [2.05, 4.69) is 10.3 Å². The number of nitrogens with zero attached hydrogens (tertiary/aromatic N) is 1. The van der Waals surface area contributed by atoms with Gasteiger partial charge in [0, 0.05) is 38.1 Å². The molecular formula is C11H19N3O2S. The summed E-state index contributed by atoms with van der Waals surface area (Å²) in [6, 6.07) is 2.33. The third-order valence-electron chi connectivity index (χ3n) is 3.03. The standard InChI is InChI=1S/C11H19N3O2S/c1-3-14(2)17(15,16)11-6-10(13-8-11)7-12-9-4-5-9/h6,8-9,12-13H,3-5,7H2,1-2H3. The second kappa shape index (κ2) is 4.80. The number of H-pyrrole nitrogens is 1. The van der Waals surface area contributed by atoms with Gasteiger partial charge in [-0.25, -0.2) is 12.7 Å². The van der Waals surface area contributed by atoms with Crippen LogP contribution in [-0.2, 0) is 16.6 Å². The number of sulfonamides is 1. The Balaban J connectivity index is 2.05. The molecule has 1 aromatic rings. The predicted octanol–water partition coefficient (Wildman–Crippen LogP) is 0.907. The van der Waals surface area contributed by atoms with Crippen molar-refractivity contribution in [3.05, 3.63) is 18.0 Å². The molecule has 0 aliphatic heterocycles. The fraction of sp³-hybridized carbons (Fsp3) is 0.636. The minimum atomic E-state index is -3.32. The van der Waals surface area contributed by atoms with Gasteiger partial charge in [0.25, 0.3) is 0 Å². The molecule has 1 aliphatic rings. The van der Waals surface area contributed by atoms with Crippen LogP contribution < -0.4 is 5.32 Å². The molecule has 17 heavy (non-hydrogen) atoms. The van der Waals surface area contributed by atoms with Crippen molar-refractivity contribution in [1.82, 2.24) is 14.6 Å². The van der Waals surface area contributed by atoms with Gasteiger partial charge in [0.2, 0.25) is 10.0 Å². The smallest absolute Gasteiger partial charge is 0.244 e. The normalized spacial score (nSPS) is 16.6. The average molecular weight is 257 g/mol. The van der Waals surface area contributed by atoms with E-state index in [0.29, 0.717) is 24.0 Å². The fourth-order valence-electron chi connectivity index (χ4n) is 1.56. The molecule has 2 rings (SSSR count). The molecule has 6 heteroatoms. The Hall–Kier alpha value is -0.850. The van der Waals surface area contributed by atoms with Crippen molar-refractivity contribution in [2.75, 3.05) is 13.6 Å². The van der Waals surface area contributed by atoms with E-state index in [1.54, 1.807) is 19.3 Å². The molecule has 1 fully saturated rings. The van der Waals surface area contributed by atoms with Crippen molar-refractivity contribution in [3.63, 3.8) is 0 Å². The lowest BCUT2D eigenvalue weighted by Crippen LogP contribution is -2.26. The first-order valence-corrected chi connectivity index (χ1v) is 7.35. The average Bonchev–Trinajstić information content (AvgIpc) is 3.01. The van der Waals surface area contributed by atoms with Crippen molar-refractivity contribution in [2.45, 2.75) is 37.2 Å². The van der Waals surface area contributed by atoms with Gasteiger partial charge in [-0.1, -0.05) is 6.92 Å². The van der Waals surface area contributed by atoms with E-state index in [9.17, 15) is 8.42 Å². The molecule has 2 N–H and O–H groups in total. The van der Waals surface area contributed by atoms with E-state index in [-0.39, 0.29) is 0 Å². The Kier molecular flexibility index (Phi) is 3.56. The molecule has 96 valence electrons. The first kappa shape index (κ1) is 12.6. The third kappa shape index (κ3) is 2.88. The Morgan fingerprint density at radius 3 is 2.82 bits per heavy atom. The van der Waals surface area contributed by atoms with Crippen LogP contribution in [0.5, 0.6) is 0 Å². The number of aromatic nitrogens is 1. The maximum atomic E-state index is 12.0. The zero-order valence-corrected chi connectivity index (χ0v) is 11.0. The molecule has 1 aliphatic carbocycles. The maximum Gasteiger partial charge on any atom is 0.244 e. The lowest BCUT2D eigenvalue weighted by atomic mass is 10.4. The van der Waals surface area contributed by atoms with E-state index in [1.807, 2.05) is 6.92 Å². The molecule has 5 nitrogen and oxygen atoms in total. The minimum absolute atomic E-state index is 0.342. The molecular weight excluding hydrogens is 238 g/mol. The van der Waals surface area contributed by atoms with Crippen LogP contribution in [0.25, 0.3) is 0 Å². The first-order chi connectivity index (χ1) is 8.04. The molecule has 0 aromatic carbocycles. The Labute approximate surface area is 102 Å². The van der Waals surface area contributed by atoms with E-state index in [0.717, 1.165) is 5.69 Å². The van der Waals surface area contributed by atoms with Gasteiger partial charge in [-0.15, -0.1) is 0 Å². The maximum absolute atomic E-state index is 12.0. The van der Waals surface area contributed by atoms with Crippen molar-refractivity contribution in [1.29, 1.82) is 0 Å². The van der Waals surface area contributed by atoms with Crippen molar-refractivity contribution in [3.8, 4) is 0 Å². The quantitative estimate of drug-likeness (QED) is 0.796. The zero-order chi connectivity index (χ0) is 12.5. The van der Waals surface area contributed by atoms with Crippen LogP contribution in [0.3, 0.4) is 0 Å². The van der Waals surface area contributed by atoms with Crippen LogP contribution in [0.4, 0.5) is 0 Å². The lowest BCUT2D eigenvalue weighted by Gasteiger charge is -2.12. The third-order valence-corrected chi connectivity index (χ3v) is 4.94. The topological polar surface area (TPSA) is 65.2 Å². The molecule has 0 amide bonds. The summed E-state index contributed by atoms with van der Waals surface area (Å²) in [6.07, 6.45) is 4.01. The van der Waals surface area contributed by atoms with Crippen LogP contribution in [0.1, 0.15) is 25.5 Å². The highest BCUT2D eigenvalue weighted by Crippen LogP contribution is 2.20. The second-order valence-corrected chi connectivity index (χ2v) is 6.48. The Morgan fingerprint density at radius 1 is 1.53 bits per heavy atom. The van der Waals surface area contributed by atoms with Gasteiger partial charge in [0.1, 0.15) is 0 Å². The Morgan fingerprint density at radius 2 is 2.24 bits per heavy atom. The predicted molar refractivity (Wildman–Crippen MR) is 66.1 cm³/mol. The minimum Gasteiger partial charge on any atom is -0.363 e. The summed E-state index contributed by atoms with van der Waals surface area (Å²) in [5.74, 6) is 0. The molecule has 1 saturated carbocycles. The highest BCUT2D eigenvalue weighted by molar-refractivity contribution is 7.89. The number of hydrogen-bond acceptors (Lipinski definition) is 3. The van der Waals surface area contributed by atoms with Gasteiger partial charge in [-0.3, -0.25) is 0 Å². The monoisotopic (exact) mass is 257 g/mol. The van der Waals surface area contributed by atoms with E-state index in [1.165, 1.54) is 17.1 Å². The molecule has 0 bridgehead atoms. The summed E-state index contributed by atoms with van der Waals surface area (Å²) >= 11 is 0. The van der Waals surface area contributed by atoms with Crippen molar-refractivity contribution in [2.24, 2.45) is 0 Å². The van der Waals surface area contributed by atoms with Gasteiger partial charge in [-0.05, 0) is 18.9 Å². The summed E-state index contributed by atoms with van der Waals surface area (Å²) in [6.45, 7) is 3.00. The first-order valence-electron chi connectivity index (χ1n) is 5.91. The fourth-order valence-corrected chi connectivity index (χ4v) is 2.76. The number of hydrogen-bond donors (Lipinski definition) is 2. The Bertz CT molecular complexity index is 477. The largest absolute Gasteiger partial charge is 0.363 e. The van der Waals surface area contributed by atoms with Crippen molar-refractivity contribution >= 4 is 10.0 Å². The van der Waals surface area contributed by atoms with Gasteiger partial charge < -0.3 is 10.3 Å². The van der Waals surface area contributed by atoms with Crippen molar-refractivity contribution < 1.29 is 8.42 Å². The van der Waals surface area contributed by atoms with Crippen LogP contribution >= 0.6 is 0 Å². The van der Waals surface area contributed by atoms with Gasteiger partial charge >= 0.3 is 0 Å². The molecule has 0 unspecified atom stereocenters. The molecule has 0 atom stereocenters. The van der Waals surface area contributed by atoms with Crippen LogP contribution in [0, 0.1) is 0 Å². The molecule has 0 spiro atoms.